The first-order valence-corrected chi connectivity index (χ1v) is 12.1. The predicted molar refractivity (Wildman–Crippen MR) is 128 cm³/mol. The number of aromatic nitrogens is 2. The highest BCUT2D eigenvalue weighted by Crippen LogP contribution is 2.23. The van der Waals surface area contributed by atoms with Gasteiger partial charge in [0.05, 0.1) is 4.47 Å². The van der Waals surface area contributed by atoms with Gasteiger partial charge in [-0.25, -0.2) is 4.98 Å². The third-order valence-corrected chi connectivity index (χ3v) is 6.46. The molecule has 2 aromatic rings. The van der Waals surface area contributed by atoms with E-state index >= 15 is 0 Å². The lowest BCUT2D eigenvalue weighted by atomic mass is 10.1. The number of rotatable bonds is 9. The van der Waals surface area contributed by atoms with Gasteiger partial charge < -0.3 is 15.5 Å². The lowest BCUT2D eigenvalue weighted by Gasteiger charge is -2.26. The van der Waals surface area contributed by atoms with E-state index in [0.29, 0.717) is 12.4 Å². The topological polar surface area (TPSA) is 73.4 Å². The molecule has 0 radical (unpaired) electrons. The van der Waals surface area contributed by atoms with Gasteiger partial charge in [-0.3, -0.25) is 9.69 Å². The first kappa shape index (κ1) is 22.0. The molecule has 2 aliphatic rings. The summed E-state index contributed by atoms with van der Waals surface area (Å²) in [6, 6.07) is 8.53. The van der Waals surface area contributed by atoms with E-state index in [4.69, 9.17) is 0 Å². The van der Waals surface area contributed by atoms with Crippen molar-refractivity contribution in [2.45, 2.75) is 45.1 Å². The molecular formula is C23H31BrN6O. The Morgan fingerprint density at radius 1 is 1.03 bits per heavy atom. The quantitative estimate of drug-likeness (QED) is 0.511. The van der Waals surface area contributed by atoms with Crippen LogP contribution >= 0.6 is 15.9 Å². The van der Waals surface area contributed by atoms with Crippen LogP contribution < -0.4 is 10.6 Å². The zero-order chi connectivity index (χ0) is 21.5. The monoisotopic (exact) mass is 486 g/mol. The zero-order valence-electron chi connectivity index (χ0n) is 17.9. The van der Waals surface area contributed by atoms with E-state index < -0.39 is 0 Å². The predicted octanol–water partition coefficient (Wildman–Crippen LogP) is 4.39. The van der Waals surface area contributed by atoms with Gasteiger partial charge in [-0.15, -0.1) is 0 Å². The number of halogens is 1. The average molecular weight is 487 g/mol. The molecule has 1 aromatic heterocycles. The maximum atomic E-state index is 11.7. The molecule has 0 saturated carbocycles. The maximum Gasteiger partial charge on any atom is 0.229 e. The normalized spacial score (nSPS) is 17.2. The number of nitrogens with zero attached hydrogens (tertiary/aromatic N) is 4. The number of likely N-dealkylation sites (tertiary alicyclic amines) is 2. The van der Waals surface area contributed by atoms with Crippen molar-refractivity contribution >= 4 is 39.3 Å². The molecule has 0 unspecified atom stereocenters. The molecule has 2 aliphatic heterocycles. The second-order valence-electron chi connectivity index (χ2n) is 8.31. The first-order valence-electron chi connectivity index (χ1n) is 11.3. The number of nitrogens with one attached hydrogen (secondary N) is 2. The molecular weight excluding hydrogens is 456 g/mol. The molecule has 4 rings (SSSR count). The number of amides is 1. The molecule has 0 aliphatic carbocycles. The van der Waals surface area contributed by atoms with E-state index in [0.717, 1.165) is 55.0 Å². The van der Waals surface area contributed by atoms with Crippen LogP contribution in [0.2, 0.25) is 0 Å². The molecule has 166 valence electrons. The first-order chi connectivity index (χ1) is 15.2. The summed E-state index contributed by atoms with van der Waals surface area (Å²) in [5.41, 5.74) is 2.31. The molecule has 2 saturated heterocycles. The van der Waals surface area contributed by atoms with Gasteiger partial charge in [0.2, 0.25) is 11.9 Å². The van der Waals surface area contributed by atoms with Crippen LogP contribution in [0.1, 0.15) is 44.1 Å². The molecule has 3 heterocycles. The molecule has 0 atom stereocenters. The van der Waals surface area contributed by atoms with Crippen molar-refractivity contribution in [2.24, 2.45) is 0 Å². The van der Waals surface area contributed by atoms with Crippen molar-refractivity contribution in [1.82, 2.24) is 19.8 Å². The SMILES string of the molecule is O=C1CCCN1CCCNc1nc(Nc2ccc(CN3CCCCC3)cc2)ncc1Br. The van der Waals surface area contributed by atoms with E-state index in [2.05, 4.69) is 65.7 Å². The number of benzene rings is 1. The summed E-state index contributed by atoms with van der Waals surface area (Å²) >= 11 is 3.52. The summed E-state index contributed by atoms with van der Waals surface area (Å²) in [7, 11) is 0. The fraction of sp³-hybridized carbons (Fsp3) is 0.522. The Balaban J connectivity index is 1.27. The van der Waals surface area contributed by atoms with E-state index in [1.54, 1.807) is 6.20 Å². The van der Waals surface area contributed by atoms with Gasteiger partial charge in [0.25, 0.3) is 0 Å². The minimum absolute atomic E-state index is 0.275. The third-order valence-electron chi connectivity index (χ3n) is 5.88. The van der Waals surface area contributed by atoms with Gasteiger partial charge >= 0.3 is 0 Å². The Labute approximate surface area is 192 Å². The standard InChI is InChI=1S/C23H31BrN6O/c24-20-16-26-23(28-22(20)25-11-5-15-30-14-4-6-21(30)31)27-19-9-7-18(8-10-19)17-29-12-2-1-3-13-29/h7-10,16H,1-6,11-15,17H2,(H2,25,26,27,28). The van der Waals surface area contributed by atoms with Gasteiger partial charge in [0.15, 0.2) is 0 Å². The highest BCUT2D eigenvalue weighted by atomic mass is 79.9. The van der Waals surface area contributed by atoms with Crippen LogP contribution in [0, 0.1) is 0 Å². The Morgan fingerprint density at radius 3 is 2.58 bits per heavy atom. The molecule has 1 aromatic carbocycles. The van der Waals surface area contributed by atoms with Gasteiger partial charge in [0.1, 0.15) is 5.82 Å². The third kappa shape index (κ3) is 6.40. The van der Waals surface area contributed by atoms with Gasteiger partial charge in [-0.1, -0.05) is 18.6 Å². The molecule has 2 fully saturated rings. The van der Waals surface area contributed by atoms with E-state index in [9.17, 15) is 4.79 Å². The Morgan fingerprint density at radius 2 is 1.84 bits per heavy atom. The molecule has 0 spiro atoms. The van der Waals surface area contributed by atoms with Crippen molar-refractivity contribution in [3.05, 3.63) is 40.5 Å². The molecule has 1 amide bonds. The fourth-order valence-electron chi connectivity index (χ4n) is 4.17. The van der Waals surface area contributed by atoms with Gasteiger partial charge in [0, 0.05) is 44.5 Å². The Kier molecular flexibility index (Phi) is 7.75. The highest BCUT2D eigenvalue weighted by Gasteiger charge is 2.19. The van der Waals surface area contributed by atoms with E-state index in [1.807, 2.05) is 4.90 Å². The minimum atomic E-state index is 0.275. The molecule has 0 bridgehead atoms. The van der Waals surface area contributed by atoms with Gasteiger partial charge in [-0.2, -0.15) is 4.98 Å². The summed E-state index contributed by atoms with van der Waals surface area (Å²) in [6.07, 6.45) is 8.31. The van der Waals surface area contributed by atoms with Crippen molar-refractivity contribution in [3.63, 3.8) is 0 Å². The summed E-state index contributed by atoms with van der Waals surface area (Å²) in [4.78, 5) is 25.2. The Hall–Kier alpha value is -2.19. The van der Waals surface area contributed by atoms with Gasteiger partial charge in [-0.05, 0) is 72.4 Å². The van der Waals surface area contributed by atoms with E-state index in [-0.39, 0.29) is 5.91 Å². The highest BCUT2D eigenvalue weighted by molar-refractivity contribution is 9.10. The van der Waals surface area contributed by atoms with Crippen LogP contribution in [0.25, 0.3) is 0 Å². The number of hydrogen-bond donors (Lipinski definition) is 2. The lowest BCUT2D eigenvalue weighted by molar-refractivity contribution is -0.127. The maximum absolute atomic E-state index is 11.7. The van der Waals surface area contributed by atoms with Crippen LogP contribution in [0.15, 0.2) is 34.9 Å². The fourth-order valence-corrected chi connectivity index (χ4v) is 4.50. The lowest BCUT2D eigenvalue weighted by Crippen LogP contribution is -2.29. The largest absolute Gasteiger partial charge is 0.369 e. The van der Waals surface area contributed by atoms with Crippen LogP contribution in [0.3, 0.4) is 0 Å². The number of anilines is 3. The minimum Gasteiger partial charge on any atom is -0.369 e. The van der Waals surface area contributed by atoms with E-state index in [1.165, 1.54) is 37.9 Å². The second-order valence-corrected chi connectivity index (χ2v) is 9.17. The average Bonchev–Trinajstić information content (AvgIpc) is 3.20. The number of piperidine rings is 1. The molecule has 2 N–H and O–H groups in total. The van der Waals surface area contributed by atoms with Crippen molar-refractivity contribution in [3.8, 4) is 0 Å². The number of carbonyl (C=O) groups excluding carboxylic acids is 1. The summed E-state index contributed by atoms with van der Waals surface area (Å²) in [6.45, 7) is 5.87. The number of carbonyl (C=O) groups is 1. The summed E-state index contributed by atoms with van der Waals surface area (Å²) < 4.78 is 0.826. The molecule has 7 nitrogen and oxygen atoms in total. The van der Waals surface area contributed by atoms with Crippen molar-refractivity contribution < 1.29 is 4.79 Å². The van der Waals surface area contributed by atoms with Crippen LogP contribution in [0.4, 0.5) is 17.5 Å². The summed E-state index contributed by atoms with van der Waals surface area (Å²) in [5, 5.41) is 6.64. The van der Waals surface area contributed by atoms with Crippen LogP contribution in [-0.4, -0.2) is 58.4 Å². The zero-order valence-corrected chi connectivity index (χ0v) is 19.5. The second kappa shape index (κ2) is 10.9. The smallest absolute Gasteiger partial charge is 0.229 e. The van der Waals surface area contributed by atoms with Crippen LogP contribution in [0.5, 0.6) is 0 Å². The van der Waals surface area contributed by atoms with Crippen molar-refractivity contribution in [2.75, 3.05) is 43.4 Å². The molecule has 8 heteroatoms. The molecule has 31 heavy (non-hydrogen) atoms. The number of hydrogen-bond acceptors (Lipinski definition) is 6. The van der Waals surface area contributed by atoms with Crippen LogP contribution in [-0.2, 0) is 11.3 Å². The van der Waals surface area contributed by atoms with Crippen molar-refractivity contribution in [1.29, 1.82) is 0 Å². The Bertz CT molecular complexity index is 869. The summed E-state index contributed by atoms with van der Waals surface area (Å²) in [5.74, 6) is 1.59.